The number of nitrogens with zero attached hydrogens (tertiary/aromatic N) is 3. The molecule has 3 N–H and O–H groups in total. The van der Waals surface area contributed by atoms with Crippen LogP contribution in [0, 0.1) is 0 Å². The van der Waals surface area contributed by atoms with Crippen molar-refractivity contribution >= 4 is 67.5 Å². The van der Waals surface area contributed by atoms with E-state index in [-0.39, 0.29) is 23.9 Å². The van der Waals surface area contributed by atoms with Gasteiger partial charge in [-0.2, -0.15) is 0 Å². The van der Waals surface area contributed by atoms with Gasteiger partial charge in [-0.05, 0) is 48.2 Å². The van der Waals surface area contributed by atoms with Crippen LogP contribution in [0.5, 0.6) is 0 Å². The van der Waals surface area contributed by atoms with Gasteiger partial charge < -0.3 is 20.9 Å². The molecule has 42 heavy (non-hydrogen) atoms. The molecule has 6 rings (SSSR count). The zero-order chi connectivity index (χ0) is 29.1. The number of fused-ring (bicyclic) bond motifs is 2. The van der Waals surface area contributed by atoms with E-state index in [4.69, 9.17) is 0 Å². The Kier molecular flexibility index (Phi) is 8.24. The number of carbonyl (C=O) groups excluding carboxylic acids is 4. The Hall–Kier alpha value is -4.16. The SMILES string of the molecule is O=CN(Cc1ccc(SSc2ccc(CNC(=O)C3CCC(=O)N3)c3cccnc23)c2ncccc12)C1CCC(=O)N1. The third-order valence-corrected chi connectivity index (χ3v) is 9.92. The summed E-state index contributed by atoms with van der Waals surface area (Å²) in [6, 6.07) is 15.3. The van der Waals surface area contributed by atoms with Gasteiger partial charge in [0.05, 0.1) is 11.0 Å². The first kappa shape index (κ1) is 28.0. The van der Waals surface area contributed by atoms with Crippen molar-refractivity contribution in [3.8, 4) is 0 Å². The molecule has 0 aliphatic carbocycles. The second-order valence-electron chi connectivity index (χ2n) is 10.2. The molecular weight excluding hydrogens is 573 g/mol. The summed E-state index contributed by atoms with van der Waals surface area (Å²) in [6.07, 6.45) is 5.91. The molecule has 2 unspecified atom stereocenters. The van der Waals surface area contributed by atoms with Gasteiger partial charge in [-0.1, -0.05) is 45.9 Å². The number of carbonyl (C=O) groups is 4. The summed E-state index contributed by atoms with van der Waals surface area (Å²) in [5.41, 5.74) is 3.57. The molecule has 0 bridgehead atoms. The number of aromatic nitrogens is 2. The van der Waals surface area contributed by atoms with Crippen LogP contribution in [0.25, 0.3) is 21.8 Å². The van der Waals surface area contributed by atoms with Crippen LogP contribution in [0.15, 0.2) is 70.7 Å². The summed E-state index contributed by atoms with van der Waals surface area (Å²) in [7, 11) is 3.16. The molecule has 2 atom stereocenters. The van der Waals surface area contributed by atoms with Crippen molar-refractivity contribution < 1.29 is 19.2 Å². The third kappa shape index (κ3) is 5.90. The molecule has 2 aliphatic heterocycles. The van der Waals surface area contributed by atoms with Gasteiger partial charge in [-0.15, -0.1) is 0 Å². The molecule has 2 fully saturated rings. The fourth-order valence-electron chi connectivity index (χ4n) is 5.31. The maximum atomic E-state index is 12.5. The van der Waals surface area contributed by atoms with Crippen molar-refractivity contribution in [2.24, 2.45) is 0 Å². The molecule has 12 heteroatoms. The van der Waals surface area contributed by atoms with E-state index in [1.165, 1.54) is 0 Å². The molecule has 0 radical (unpaired) electrons. The molecule has 214 valence electrons. The van der Waals surface area contributed by atoms with E-state index in [2.05, 4.69) is 25.9 Å². The third-order valence-electron chi connectivity index (χ3n) is 7.49. The topological polar surface area (TPSA) is 133 Å². The van der Waals surface area contributed by atoms with Crippen molar-refractivity contribution in [3.05, 3.63) is 72.1 Å². The van der Waals surface area contributed by atoms with Crippen molar-refractivity contribution in [2.45, 2.75) is 60.8 Å². The highest BCUT2D eigenvalue weighted by Crippen LogP contribution is 2.43. The number of benzene rings is 2. The highest BCUT2D eigenvalue weighted by atomic mass is 33.1. The van der Waals surface area contributed by atoms with Crippen LogP contribution in [0.1, 0.15) is 36.8 Å². The second kappa shape index (κ2) is 12.4. The van der Waals surface area contributed by atoms with Gasteiger partial charge in [0.2, 0.25) is 24.1 Å². The van der Waals surface area contributed by atoms with E-state index in [0.717, 1.165) is 49.1 Å². The van der Waals surface area contributed by atoms with Gasteiger partial charge in [-0.3, -0.25) is 29.1 Å². The first-order valence-corrected chi connectivity index (χ1v) is 15.8. The first-order chi connectivity index (χ1) is 20.5. The number of hydrogen-bond donors (Lipinski definition) is 3. The molecule has 0 spiro atoms. The molecule has 0 saturated carbocycles. The molecule has 10 nitrogen and oxygen atoms in total. The summed E-state index contributed by atoms with van der Waals surface area (Å²) in [5, 5.41) is 10.4. The summed E-state index contributed by atoms with van der Waals surface area (Å²) >= 11 is 0. The lowest BCUT2D eigenvalue weighted by atomic mass is 10.1. The number of rotatable bonds is 10. The Morgan fingerprint density at radius 2 is 1.50 bits per heavy atom. The van der Waals surface area contributed by atoms with Crippen LogP contribution in [0.3, 0.4) is 0 Å². The lowest BCUT2D eigenvalue weighted by molar-refractivity contribution is -0.125. The van der Waals surface area contributed by atoms with Crippen molar-refractivity contribution in [3.63, 3.8) is 0 Å². The lowest BCUT2D eigenvalue weighted by Crippen LogP contribution is -2.41. The van der Waals surface area contributed by atoms with E-state index < -0.39 is 6.04 Å². The highest BCUT2D eigenvalue weighted by molar-refractivity contribution is 8.76. The minimum absolute atomic E-state index is 0.0407. The smallest absolute Gasteiger partial charge is 0.242 e. The van der Waals surface area contributed by atoms with Crippen LogP contribution in [0.2, 0.25) is 0 Å². The standard InChI is InChI=1S/C30H28N6O4S2/c37-17-36(25-10-12-27(39)35-25)16-19-6-9-24(29-21(19)4-2-14-32-29)42-41-23-8-5-18(20-3-1-13-31-28(20)23)15-33-30(40)22-7-11-26(38)34-22/h1-6,8-9,13-14,17,22,25H,7,10-12,15-16H2,(H,33,40)(H,34,38)(H,35,39). The fourth-order valence-corrected chi connectivity index (χ4v) is 7.56. The molecule has 4 heterocycles. The number of pyridine rings is 2. The van der Waals surface area contributed by atoms with Gasteiger partial charge >= 0.3 is 0 Å². The maximum absolute atomic E-state index is 12.5. The Balaban J connectivity index is 1.19. The van der Waals surface area contributed by atoms with Gasteiger partial charge in [0, 0.05) is 58.9 Å². The van der Waals surface area contributed by atoms with Crippen molar-refractivity contribution in [1.82, 2.24) is 30.8 Å². The van der Waals surface area contributed by atoms with Crippen LogP contribution in [0.4, 0.5) is 0 Å². The van der Waals surface area contributed by atoms with Crippen molar-refractivity contribution in [1.29, 1.82) is 0 Å². The summed E-state index contributed by atoms with van der Waals surface area (Å²) in [5.74, 6) is -0.316. The predicted molar refractivity (Wildman–Crippen MR) is 161 cm³/mol. The summed E-state index contributed by atoms with van der Waals surface area (Å²) in [4.78, 5) is 60.4. The lowest BCUT2D eigenvalue weighted by Gasteiger charge is -2.25. The average molecular weight is 601 g/mol. The minimum Gasteiger partial charge on any atom is -0.350 e. The van der Waals surface area contributed by atoms with E-state index in [1.54, 1.807) is 38.9 Å². The largest absolute Gasteiger partial charge is 0.350 e. The Labute approximate surface area is 249 Å². The van der Waals surface area contributed by atoms with E-state index in [0.29, 0.717) is 38.8 Å². The summed E-state index contributed by atoms with van der Waals surface area (Å²) < 4.78 is 0. The average Bonchev–Trinajstić information content (AvgIpc) is 3.66. The molecule has 2 aromatic carbocycles. The van der Waals surface area contributed by atoms with Gasteiger partial charge in [0.1, 0.15) is 12.2 Å². The molecule has 2 aliphatic rings. The van der Waals surface area contributed by atoms with Gasteiger partial charge in [0.25, 0.3) is 0 Å². The van der Waals surface area contributed by atoms with E-state index in [1.807, 2.05) is 48.5 Å². The van der Waals surface area contributed by atoms with Crippen LogP contribution < -0.4 is 16.0 Å². The van der Waals surface area contributed by atoms with Crippen molar-refractivity contribution in [2.75, 3.05) is 0 Å². The number of hydrogen-bond acceptors (Lipinski definition) is 8. The van der Waals surface area contributed by atoms with E-state index >= 15 is 0 Å². The van der Waals surface area contributed by atoms with Crippen LogP contribution in [-0.4, -0.2) is 51.2 Å². The summed E-state index contributed by atoms with van der Waals surface area (Å²) in [6.45, 7) is 0.707. The zero-order valence-electron chi connectivity index (χ0n) is 22.5. The molecular formula is C30H28N6O4S2. The van der Waals surface area contributed by atoms with Gasteiger partial charge in [0.15, 0.2) is 0 Å². The molecule has 2 saturated heterocycles. The Morgan fingerprint density at radius 1 is 0.881 bits per heavy atom. The zero-order valence-corrected chi connectivity index (χ0v) is 24.2. The molecule has 4 amide bonds. The van der Waals surface area contributed by atoms with Crippen LogP contribution in [-0.2, 0) is 32.3 Å². The minimum atomic E-state index is -0.479. The van der Waals surface area contributed by atoms with Crippen LogP contribution >= 0.6 is 21.6 Å². The first-order valence-electron chi connectivity index (χ1n) is 13.7. The Bertz CT molecular complexity index is 1700. The van der Waals surface area contributed by atoms with Gasteiger partial charge in [-0.25, -0.2) is 0 Å². The molecule has 4 aromatic rings. The second-order valence-corrected chi connectivity index (χ2v) is 12.4. The number of amides is 4. The fraction of sp³-hybridized carbons (Fsp3) is 0.267. The quantitative estimate of drug-likeness (QED) is 0.186. The predicted octanol–water partition coefficient (Wildman–Crippen LogP) is 3.67. The van der Waals surface area contributed by atoms with E-state index in [9.17, 15) is 19.2 Å². The highest BCUT2D eigenvalue weighted by Gasteiger charge is 2.28. The monoisotopic (exact) mass is 600 g/mol. The Morgan fingerprint density at radius 3 is 2.10 bits per heavy atom. The number of nitrogens with one attached hydrogen (secondary N) is 3. The normalized spacial score (nSPS) is 18.2. The maximum Gasteiger partial charge on any atom is 0.242 e. The molecule has 2 aromatic heterocycles.